The van der Waals surface area contributed by atoms with E-state index in [1.165, 1.54) is 12.1 Å². The van der Waals surface area contributed by atoms with E-state index in [4.69, 9.17) is 14.6 Å². The van der Waals surface area contributed by atoms with Crippen molar-refractivity contribution in [2.75, 3.05) is 6.61 Å². The van der Waals surface area contributed by atoms with E-state index < -0.39 is 5.97 Å². The number of nitrogens with zero attached hydrogens (tertiary/aromatic N) is 2. The van der Waals surface area contributed by atoms with E-state index >= 15 is 0 Å². The molecule has 4 rings (SSSR count). The molecule has 0 unspecified atom stereocenters. The number of hydrogen-bond donors (Lipinski definition) is 2. The number of carboxylic acid groups (broad SMARTS) is 1. The topological polar surface area (TPSA) is 88.9 Å². The van der Waals surface area contributed by atoms with Crippen LogP contribution in [-0.4, -0.2) is 32.3 Å². The van der Waals surface area contributed by atoms with Crippen molar-refractivity contribution in [2.45, 2.75) is 6.92 Å². The first-order chi connectivity index (χ1) is 12.2. The molecule has 2 heterocycles. The zero-order valence-electron chi connectivity index (χ0n) is 13.4. The van der Waals surface area contributed by atoms with E-state index in [0.29, 0.717) is 29.6 Å². The monoisotopic (exact) mass is 337 g/mol. The molecule has 0 aliphatic carbocycles. The second kappa shape index (κ2) is 5.86. The molecule has 7 heteroatoms. The summed E-state index contributed by atoms with van der Waals surface area (Å²) in [5.74, 6) is 0.448. The van der Waals surface area contributed by atoms with Crippen LogP contribution in [0.5, 0.6) is 17.4 Å². The summed E-state index contributed by atoms with van der Waals surface area (Å²) >= 11 is 0. The van der Waals surface area contributed by atoms with Crippen LogP contribution < -0.4 is 9.47 Å². The fourth-order valence-electron chi connectivity index (χ4n) is 2.66. The third-order valence-corrected chi connectivity index (χ3v) is 3.79. The molecule has 2 aromatic carbocycles. The number of ether oxygens (including phenoxy) is 2. The third kappa shape index (κ3) is 2.55. The largest absolute Gasteiger partial charge is 0.478 e. The minimum absolute atomic E-state index is 0.197. The summed E-state index contributed by atoms with van der Waals surface area (Å²) in [6, 6.07) is 13.9. The lowest BCUT2D eigenvalue weighted by atomic mass is 10.2. The van der Waals surface area contributed by atoms with Gasteiger partial charge < -0.3 is 14.6 Å². The van der Waals surface area contributed by atoms with Crippen LogP contribution >= 0.6 is 0 Å². The van der Waals surface area contributed by atoms with Crippen LogP contribution in [0.15, 0.2) is 48.5 Å². The van der Waals surface area contributed by atoms with Crippen LogP contribution in [0, 0.1) is 0 Å². The Hall–Kier alpha value is -3.48. The molecular formula is C18H15N3O4. The molecule has 0 aliphatic heterocycles. The highest BCUT2D eigenvalue weighted by Crippen LogP contribution is 2.36. The van der Waals surface area contributed by atoms with E-state index in [1.54, 1.807) is 16.6 Å². The van der Waals surface area contributed by atoms with Crippen LogP contribution in [0.1, 0.15) is 17.3 Å². The maximum atomic E-state index is 11.0. The van der Waals surface area contributed by atoms with Crippen molar-refractivity contribution in [3.63, 3.8) is 0 Å². The lowest BCUT2D eigenvalue weighted by Crippen LogP contribution is -1.96. The van der Waals surface area contributed by atoms with Gasteiger partial charge in [0, 0.05) is 0 Å². The number of imidazole rings is 1. The van der Waals surface area contributed by atoms with Gasteiger partial charge in [0.05, 0.1) is 23.2 Å². The Labute approximate surface area is 142 Å². The number of rotatable bonds is 5. The SMILES string of the molecule is CCOc1[nH]n2c(nc3ccccc32)c1Oc1ccc(C(=O)O)cc1. The van der Waals surface area contributed by atoms with Gasteiger partial charge >= 0.3 is 5.97 Å². The second-order valence-electron chi connectivity index (χ2n) is 5.39. The Morgan fingerprint density at radius 3 is 2.68 bits per heavy atom. The predicted octanol–water partition coefficient (Wildman–Crippen LogP) is 3.70. The second-order valence-corrected chi connectivity index (χ2v) is 5.39. The normalized spacial score (nSPS) is 11.1. The maximum absolute atomic E-state index is 11.0. The number of benzene rings is 2. The molecule has 25 heavy (non-hydrogen) atoms. The van der Waals surface area contributed by atoms with Gasteiger partial charge in [-0.3, -0.25) is 5.10 Å². The zero-order valence-corrected chi connectivity index (χ0v) is 13.4. The minimum atomic E-state index is -0.981. The van der Waals surface area contributed by atoms with Crippen LogP contribution in [0.3, 0.4) is 0 Å². The molecule has 0 saturated carbocycles. The first-order valence-electron chi connectivity index (χ1n) is 7.80. The van der Waals surface area contributed by atoms with E-state index in [1.807, 2.05) is 31.2 Å². The zero-order chi connectivity index (χ0) is 17.4. The van der Waals surface area contributed by atoms with E-state index in [-0.39, 0.29) is 5.56 Å². The molecule has 2 aromatic heterocycles. The standard InChI is InChI=1S/C18H15N3O4/c1-2-24-17-15(25-12-9-7-11(8-10-12)18(22)23)16-19-13-5-3-4-6-14(13)21(16)20-17/h3-10,20H,2H2,1H3,(H,22,23). The van der Waals surface area contributed by atoms with Crippen molar-refractivity contribution in [1.29, 1.82) is 0 Å². The number of hydrogen-bond acceptors (Lipinski definition) is 4. The van der Waals surface area contributed by atoms with Crippen molar-refractivity contribution in [1.82, 2.24) is 14.6 Å². The molecule has 4 aromatic rings. The summed E-state index contributed by atoms with van der Waals surface area (Å²) in [7, 11) is 0. The number of nitrogens with one attached hydrogen (secondary N) is 1. The highest BCUT2D eigenvalue weighted by atomic mass is 16.5. The molecule has 2 N–H and O–H groups in total. The summed E-state index contributed by atoms with van der Waals surface area (Å²) < 4.78 is 13.4. The van der Waals surface area contributed by atoms with Crippen LogP contribution in [0.25, 0.3) is 16.7 Å². The van der Waals surface area contributed by atoms with Crippen LogP contribution in [0.4, 0.5) is 0 Å². The van der Waals surface area contributed by atoms with Gasteiger partial charge in [-0.05, 0) is 43.3 Å². The Morgan fingerprint density at radius 1 is 1.20 bits per heavy atom. The number of carboxylic acids is 1. The Kier molecular flexibility index (Phi) is 3.53. The number of H-pyrrole nitrogens is 1. The fraction of sp³-hybridized carbons (Fsp3) is 0.111. The quantitative estimate of drug-likeness (QED) is 0.579. The molecule has 0 saturated heterocycles. The number of para-hydroxylation sites is 2. The van der Waals surface area contributed by atoms with Crippen LogP contribution in [-0.2, 0) is 0 Å². The Morgan fingerprint density at radius 2 is 1.96 bits per heavy atom. The molecule has 0 spiro atoms. The smallest absolute Gasteiger partial charge is 0.335 e. The maximum Gasteiger partial charge on any atom is 0.335 e. The number of aromatic amines is 1. The van der Waals surface area contributed by atoms with E-state index in [2.05, 4.69) is 10.1 Å². The average molecular weight is 337 g/mol. The third-order valence-electron chi connectivity index (χ3n) is 3.79. The highest BCUT2D eigenvalue weighted by Gasteiger charge is 2.19. The van der Waals surface area contributed by atoms with Gasteiger partial charge in [-0.25, -0.2) is 14.3 Å². The van der Waals surface area contributed by atoms with Crippen molar-refractivity contribution in [2.24, 2.45) is 0 Å². The van der Waals surface area contributed by atoms with Gasteiger partial charge in [0.1, 0.15) is 5.75 Å². The first kappa shape index (κ1) is 15.1. The fourth-order valence-corrected chi connectivity index (χ4v) is 2.66. The molecular weight excluding hydrogens is 322 g/mol. The van der Waals surface area contributed by atoms with Crippen molar-refractivity contribution in [3.05, 3.63) is 54.1 Å². The molecule has 7 nitrogen and oxygen atoms in total. The predicted molar refractivity (Wildman–Crippen MR) is 91.7 cm³/mol. The number of fused-ring (bicyclic) bond motifs is 3. The molecule has 0 radical (unpaired) electrons. The minimum Gasteiger partial charge on any atom is -0.478 e. The lowest BCUT2D eigenvalue weighted by molar-refractivity contribution is 0.0697. The van der Waals surface area contributed by atoms with Crippen molar-refractivity contribution >= 4 is 22.6 Å². The lowest BCUT2D eigenvalue weighted by Gasteiger charge is -2.06. The Balaban J connectivity index is 1.80. The van der Waals surface area contributed by atoms with Gasteiger partial charge in [-0.15, -0.1) is 0 Å². The van der Waals surface area contributed by atoms with Crippen molar-refractivity contribution < 1.29 is 19.4 Å². The van der Waals surface area contributed by atoms with E-state index in [0.717, 1.165) is 11.0 Å². The summed E-state index contributed by atoms with van der Waals surface area (Å²) in [6.07, 6.45) is 0. The van der Waals surface area contributed by atoms with Gasteiger partial charge in [-0.1, -0.05) is 12.1 Å². The summed E-state index contributed by atoms with van der Waals surface area (Å²) in [5.41, 5.74) is 2.55. The van der Waals surface area contributed by atoms with Gasteiger partial charge in [0.15, 0.2) is 0 Å². The number of carbonyl (C=O) groups is 1. The molecule has 0 amide bonds. The van der Waals surface area contributed by atoms with Crippen LogP contribution in [0.2, 0.25) is 0 Å². The van der Waals surface area contributed by atoms with E-state index in [9.17, 15) is 4.79 Å². The van der Waals surface area contributed by atoms with Gasteiger partial charge in [-0.2, -0.15) is 0 Å². The summed E-state index contributed by atoms with van der Waals surface area (Å²) in [5, 5.41) is 12.1. The average Bonchev–Trinajstić information content (AvgIpc) is 3.13. The van der Waals surface area contributed by atoms with Gasteiger partial charge in [0.2, 0.25) is 11.4 Å². The molecule has 0 fully saturated rings. The summed E-state index contributed by atoms with van der Waals surface area (Å²) in [6.45, 7) is 2.35. The molecule has 126 valence electrons. The highest BCUT2D eigenvalue weighted by molar-refractivity contribution is 5.87. The van der Waals surface area contributed by atoms with Crippen molar-refractivity contribution in [3.8, 4) is 17.4 Å². The molecule has 0 atom stereocenters. The van der Waals surface area contributed by atoms with Gasteiger partial charge in [0.25, 0.3) is 5.88 Å². The molecule has 0 aliphatic rings. The molecule has 0 bridgehead atoms. The first-order valence-corrected chi connectivity index (χ1v) is 7.80. The Bertz CT molecular complexity index is 1060. The summed E-state index contributed by atoms with van der Waals surface area (Å²) in [4.78, 5) is 15.6. The number of aromatic nitrogens is 3. The number of aromatic carboxylic acids is 1.